The van der Waals surface area contributed by atoms with Gasteiger partial charge in [-0.15, -0.1) is 0 Å². The van der Waals surface area contributed by atoms with E-state index in [1.54, 1.807) is 7.11 Å². The number of carbonyl (C=O) groups excluding carboxylic acids is 2. The summed E-state index contributed by atoms with van der Waals surface area (Å²) in [5, 5.41) is 5.76. The van der Waals surface area contributed by atoms with Crippen molar-refractivity contribution in [2.75, 3.05) is 7.11 Å². The van der Waals surface area contributed by atoms with Gasteiger partial charge in [0.2, 0.25) is 11.8 Å². The van der Waals surface area contributed by atoms with Gasteiger partial charge in [-0.2, -0.15) is 0 Å². The molecular weight excluding hydrogens is 292 g/mol. The fraction of sp³-hybridized carbons (Fsp3) is 0.556. The summed E-state index contributed by atoms with van der Waals surface area (Å²) in [4.78, 5) is 23.9. The Balaban J connectivity index is 1.74. The molecule has 1 fully saturated rings. The molecule has 1 aromatic carbocycles. The highest BCUT2D eigenvalue weighted by molar-refractivity contribution is 5.96. The summed E-state index contributed by atoms with van der Waals surface area (Å²) in [5.41, 5.74) is 0.896. The summed E-state index contributed by atoms with van der Waals surface area (Å²) in [6.07, 6.45) is 6.72. The Kier molecular flexibility index (Phi) is 6.91. The van der Waals surface area contributed by atoms with Crippen molar-refractivity contribution in [3.63, 3.8) is 0 Å². The summed E-state index contributed by atoms with van der Waals surface area (Å²) >= 11 is 0. The average Bonchev–Trinajstić information content (AvgIpc) is 2.81. The van der Waals surface area contributed by atoms with Crippen molar-refractivity contribution in [2.45, 2.75) is 57.5 Å². The van der Waals surface area contributed by atoms with Gasteiger partial charge in [0.1, 0.15) is 12.2 Å². The van der Waals surface area contributed by atoms with Gasteiger partial charge in [-0.1, -0.05) is 43.9 Å². The SMILES string of the molecule is COc1ccccc1CNC(=O)CC(=O)NC1CCCCCC1. The van der Waals surface area contributed by atoms with E-state index in [0.29, 0.717) is 6.54 Å². The zero-order valence-corrected chi connectivity index (χ0v) is 13.8. The van der Waals surface area contributed by atoms with Crippen molar-refractivity contribution in [3.05, 3.63) is 29.8 Å². The predicted molar refractivity (Wildman–Crippen MR) is 89.1 cm³/mol. The van der Waals surface area contributed by atoms with Crippen molar-refractivity contribution in [2.24, 2.45) is 0 Å². The molecule has 2 rings (SSSR count). The summed E-state index contributed by atoms with van der Waals surface area (Å²) in [5.74, 6) is 0.284. The molecule has 0 aliphatic heterocycles. The largest absolute Gasteiger partial charge is 0.496 e. The molecule has 0 atom stereocenters. The lowest BCUT2D eigenvalue weighted by atomic mass is 10.1. The molecule has 0 saturated heterocycles. The Labute approximate surface area is 137 Å². The smallest absolute Gasteiger partial charge is 0.229 e. The van der Waals surface area contributed by atoms with Crippen LogP contribution in [0.4, 0.5) is 0 Å². The van der Waals surface area contributed by atoms with E-state index >= 15 is 0 Å². The Morgan fingerprint density at radius 3 is 2.48 bits per heavy atom. The molecule has 0 radical (unpaired) electrons. The molecule has 5 heteroatoms. The number of rotatable bonds is 6. The monoisotopic (exact) mass is 318 g/mol. The lowest BCUT2D eigenvalue weighted by Gasteiger charge is -2.16. The van der Waals surface area contributed by atoms with E-state index in [9.17, 15) is 9.59 Å². The molecule has 1 aliphatic rings. The maximum absolute atomic E-state index is 12.0. The first-order chi connectivity index (χ1) is 11.2. The van der Waals surface area contributed by atoms with Crippen LogP contribution in [0.3, 0.4) is 0 Å². The van der Waals surface area contributed by atoms with Gasteiger partial charge in [-0.3, -0.25) is 9.59 Å². The fourth-order valence-electron chi connectivity index (χ4n) is 2.95. The fourth-order valence-corrected chi connectivity index (χ4v) is 2.95. The van der Waals surface area contributed by atoms with E-state index < -0.39 is 0 Å². The van der Waals surface area contributed by atoms with Crippen molar-refractivity contribution in [1.29, 1.82) is 0 Å². The Hall–Kier alpha value is -2.04. The summed E-state index contributed by atoms with van der Waals surface area (Å²) in [7, 11) is 1.60. The number of para-hydroxylation sites is 1. The highest BCUT2D eigenvalue weighted by atomic mass is 16.5. The first kappa shape index (κ1) is 17.3. The Morgan fingerprint density at radius 2 is 1.78 bits per heavy atom. The van der Waals surface area contributed by atoms with Crippen LogP contribution in [0, 0.1) is 0 Å². The minimum absolute atomic E-state index is 0.119. The average molecular weight is 318 g/mol. The van der Waals surface area contributed by atoms with Crippen LogP contribution >= 0.6 is 0 Å². The first-order valence-corrected chi connectivity index (χ1v) is 8.37. The molecule has 1 aliphatic carbocycles. The maximum atomic E-state index is 12.0. The molecule has 0 unspecified atom stereocenters. The molecule has 1 aromatic rings. The van der Waals surface area contributed by atoms with Crippen LogP contribution in [-0.2, 0) is 16.1 Å². The molecule has 0 heterocycles. The van der Waals surface area contributed by atoms with E-state index in [-0.39, 0.29) is 24.3 Å². The third-order valence-electron chi connectivity index (χ3n) is 4.21. The highest BCUT2D eigenvalue weighted by Gasteiger charge is 2.16. The molecular formula is C18H26N2O3. The Bertz CT molecular complexity index is 523. The van der Waals surface area contributed by atoms with Crippen molar-refractivity contribution in [1.82, 2.24) is 10.6 Å². The molecule has 1 saturated carbocycles. The van der Waals surface area contributed by atoms with Gasteiger partial charge in [0.25, 0.3) is 0 Å². The zero-order chi connectivity index (χ0) is 16.5. The van der Waals surface area contributed by atoms with E-state index in [2.05, 4.69) is 10.6 Å². The second-order valence-corrected chi connectivity index (χ2v) is 6.02. The van der Waals surface area contributed by atoms with Crippen LogP contribution in [0.2, 0.25) is 0 Å². The van der Waals surface area contributed by atoms with E-state index in [4.69, 9.17) is 4.74 Å². The van der Waals surface area contributed by atoms with Gasteiger partial charge >= 0.3 is 0 Å². The second-order valence-electron chi connectivity index (χ2n) is 6.02. The molecule has 2 N–H and O–H groups in total. The van der Waals surface area contributed by atoms with Crippen LogP contribution in [0.5, 0.6) is 5.75 Å². The highest BCUT2D eigenvalue weighted by Crippen LogP contribution is 2.18. The molecule has 0 spiro atoms. The van der Waals surface area contributed by atoms with Gasteiger partial charge in [0, 0.05) is 18.2 Å². The minimum atomic E-state index is -0.262. The van der Waals surface area contributed by atoms with E-state index in [0.717, 1.165) is 37.0 Å². The van der Waals surface area contributed by atoms with Gasteiger partial charge in [0.15, 0.2) is 0 Å². The minimum Gasteiger partial charge on any atom is -0.496 e. The quantitative estimate of drug-likeness (QED) is 0.626. The summed E-state index contributed by atoms with van der Waals surface area (Å²) in [6, 6.07) is 7.74. The predicted octanol–water partition coefficient (Wildman–Crippen LogP) is 2.54. The lowest BCUT2D eigenvalue weighted by molar-refractivity contribution is -0.129. The van der Waals surface area contributed by atoms with E-state index in [1.807, 2.05) is 24.3 Å². The summed E-state index contributed by atoms with van der Waals surface area (Å²) < 4.78 is 5.24. The van der Waals surface area contributed by atoms with Crippen LogP contribution in [0.15, 0.2) is 24.3 Å². The van der Waals surface area contributed by atoms with Crippen molar-refractivity contribution < 1.29 is 14.3 Å². The van der Waals surface area contributed by atoms with Gasteiger partial charge in [-0.05, 0) is 18.9 Å². The second kappa shape index (κ2) is 9.18. The number of nitrogens with one attached hydrogen (secondary N) is 2. The number of hydrogen-bond acceptors (Lipinski definition) is 3. The van der Waals surface area contributed by atoms with Crippen LogP contribution in [0.25, 0.3) is 0 Å². The van der Waals surface area contributed by atoms with Crippen LogP contribution in [-0.4, -0.2) is 25.0 Å². The maximum Gasteiger partial charge on any atom is 0.229 e. The number of amides is 2. The Morgan fingerprint density at radius 1 is 1.09 bits per heavy atom. The van der Waals surface area contributed by atoms with Crippen molar-refractivity contribution in [3.8, 4) is 5.75 Å². The third kappa shape index (κ3) is 5.93. The molecule has 0 bridgehead atoms. The molecule has 23 heavy (non-hydrogen) atoms. The molecule has 126 valence electrons. The van der Waals surface area contributed by atoms with Crippen molar-refractivity contribution >= 4 is 11.8 Å². The van der Waals surface area contributed by atoms with Crippen LogP contribution in [0.1, 0.15) is 50.5 Å². The number of ether oxygens (including phenoxy) is 1. The summed E-state index contributed by atoms with van der Waals surface area (Å²) in [6.45, 7) is 0.361. The number of benzene rings is 1. The van der Waals surface area contributed by atoms with Crippen LogP contribution < -0.4 is 15.4 Å². The topological polar surface area (TPSA) is 67.4 Å². The molecule has 2 amide bonds. The molecule has 0 aromatic heterocycles. The third-order valence-corrected chi connectivity index (χ3v) is 4.21. The van der Waals surface area contributed by atoms with Gasteiger partial charge < -0.3 is 15.4 Å². The standard InChI is InChI=1S/C18H26N2O3/c1-23-16-11-7-6-8-14(16)13-19-17(21)12-18(22)20-15-9-4-2-3-5-10-15/h6-8,11,15H,2-5,9-10,12-13H2,1H3,(H,19,21)(H,20,22). The lowest BCUT2D eigenvalue weighted by Crippen LogP contribution is -2.37. The number of carbonyl (C=O) groups is 2. The van der Waals surface area contributed by atoms with E-state index in [1.165, 1.54) is 12.8 Å². The molecule has 5 nitrogen and oxygen atoms in total. The zero-order valence-electron chi connectivity index (χ0n) is 13.8. The van der Waals surface area contributed by atoms with Gasteiger partial charge in [-0.25, -0.2) is 0 Å². The number of hydrogen-bond donors (Lipinski definition) is 2. The normalized spacial score (nSPS) is 15.5. The van der Waals surface area contributed by atoms with Gasteiger partial charge in [0.05, 0.1) is 7.11 Å². The number of methoxy groups -OCH3 is 1. The first-order valence-electron chi connectivity index (χ1n) is 8.37.